The van der Waals surface area contributed by atoms with Gasteiger partial charge in [0.05, 0.1) is 17.2 Å². The molecular weight excluding hydrogens is 228 g/mol. The molecule has 90 valence electrons. The van der Waals surface area contributed by atoms with E-state index in [1.165, 1.54) is 5.01 Å². The average Bonchev–Trinajstić information content (AvgIpc) is 2.76. The standard InChI is InChI=1S/C14H18N2S/c1-14(2,3)13-16-12(10-17-13)9-15-11-7-5-4-6-8-11/h4-8,10,15H,9H2,1-3H3. The normalized spacial score (nSPS) is 11.5. The molecule has 3 heteroatoms. The molecule has 0 aliphatic heterocycles. The van der Waals surface area contributed by atoms with Crippen molar-refractivity contribution in [1.82, 2.24) is 4.98 Å². The molecule has 2 aromatic rings. The highest BCUT2D eigenvalue weighted by atomic mass is 32.1. The Labute approximate surface area is 107 Å². The van der Waals surface area contributed by atoms with Crippen molar-refractivity contribution in [3.05, 3.63) is 46.4 Å². The van der Waals surface area contributed by atoms with Crippen LogP contribution in [0.25, 0.3) is 0 Å². The average molecular weight is 246 g/mol. The number of rotatable bonds is 3. The van der Waals surface area contributed by atoms with Crippen LogP contribution in [0.15, 0.2) is 35.7 Å². The summed E-state index contributed by atoms with van der Waals surface area (Å²) in [5.41, 5.74) is 2.40. The molecule has 1 aromatic heterocycles. The fourth-order valence-electron chi connectivity index (χ4n) is 1.48. The molecule has 0 saturated carbocycles. The Bertz CT molecular complexity index is 468. The van der Waals surface area contributed by atoms with Crippen LogP contribution in [-0.2, 0) is 12.0 Å². The first-order chi connectivity index (χ1) is 8.05. The number of hydrogen-bond acceptors (Lipinski definition) is 3. The van der Waals surface area contributed by atoms with Crippen molar-refractivity contribution in [1.29, 1.82) is 0 Å². The van der Waals surface area contributed by atoms with Gasteiger partial charge in [0.15, 0.2) is 0 Å². The highest BCUT2D eigenvalue weighted by Crippen LogP contribution is 2.25. The second kappa shape index (κ2) is 4.88. The van der Waals surface area contributed by atoms with E-state index in [2.05, 4.69) is 48.6 Å². The summed E-state index contributed by atoms with van der Waals surface area (Å²) in [6.45, 7) is 7.37. The minimum Gasteiger partial charge on any atom is -0.379 e. The summed E-state index contributed by atoms with van der Waals surface area (Å²) in [4.78, 5) is 4.65. The maximum atomic E-state index is 4.65. The molecule has 0 radical (unpaired) electrons. The summed E-state index contributed by atoms with van der Waals surface area (Å²) in [6.07, 6.45) is 0. The van der Waals surface area contributed by atoms with Gasteiger partial charge in [-0.15, -0.1) is 11.3 Å². The van der Waals surface area contributed by atoms with Gasteiger partial charge in [0.25, 0.3) is 0 Å². The Morgan fingerprint density at radius 2 is 1.88 bits per heavy atom. The van der Waals surface area contributed by atoms with Crippen molar-refractivity contribution < 1.29 is 0 Å². The third-order valence-corrected chi connectivity index (χ3v) is 3.76. The number of hydrogen-bond donors (Lipinski definition) is 1. The molecule has 0 aliphatic carbocycles. The molecular formula is C14H18N2S. The van der Waals surface area contributed by atoms with E-state index in [0.29, 0.717) is 0 Å². The molecule has 0 atom stereocenters. The van der Waals surface area contributed by atoms with E-state index in [9.17, 15) is 0 Å². The van der Waals surface area contributed by atoms with Gasteiger partial charge in [-0.3, -0.25) is 0 Å². The molecule has 1 N–H and O–H groups in total. The maximum absolute atomic E-state index is 4.65. The zero-order valence-electron chi connectivity index (χ0n) is 10.5. The Morgan fingerprint density at radius 1 is 1.18 bits per heavy atom. The lowest BCUT2D eigenvalue weighted by atomic mass is 9.98. The lowest BCUT2D eigenvalue weighted by Crippen LogP contribution is -2.11. The van der Waals surface area contributed by atoms with E-state index in [0.717, 1.165) is 17.9 Å². The van der Waals surface area contributed by atoms with Crippen molar-refractivity contribution >= 4 is 17.0 Å². The van der Waals surface area contributed by atoms with Crippen LogP contribution >= 0.6 is 11.3 Å². The number of aromatic nitrogens is 1. The first-order valence-corrected chi connectivity index (χ1v) is 6.67. The predicted octanol–water partition coefficient (Wildman–Crippen LogP) is 4.05. The van der Waals surface area contributed by atoms with E-state index in [1.807, 2.05) is 18.2 Å². The Kier molecular flexibility index (Phi) is 3.48. The summed E-state index contributed by atoms with van der Waals surface area (Å²) < 4.78 is 0. The van der Waals surface area contributed by atoms with Gasteiger partial charge >= 0.3 is 0 Å². The van der Waals surface area contributed by atoms with Crippen LogP contribution in [0.4, 0.5) is 5.69 Å². The van der Waals surface area contributed by atoms with Gasteiger partial charge in [0.1, 0.15) is 0 Å². The smallest absolute Gasteiger partial charge is 0.0982 e. The molecule has 1 heterocycles. The van der Waals surface area contributed by atoms with Crippen molar-refractivity contribution in [3.63, 3.8) is 0 Å². The van der Waals surface area contributed by atoms with Crippen molar-refractivity contribution in [3.8, 4) is 0 Å². The Morgan fingerprint density at radius 3 is 2.47 bits per heavy atom. The van der Waals surface area contributed by atoms with Gasteiger partial charge in [-0.2, -0.15) is 0 Å². The number of benzene rings is 1. The predicted molar refractivity (Wildman–Crippen MR) is 74.6 cm³/mol. The van der Waals surface area contributed by atoms with Gasteiger partial charge in [-0.1, -0.05) is 39.0 Å². The third kappa shape index (κ3) is 3.30. The van der Waals surface area contributed by atoms with E-state index in [-0.39, 0.29) is 5.41 Å². The molecule has 2 rings (SSSR count). The van der Waals surface area contributed by atoms with Crippen LogP contribution in [0.3, 0.4) is 0 Å². The van der Waals surface area contributed by atoms with Crippen LogP contribution in [0.2, 0.25) is 0 Å². The second-order valence-electron chi connectivity index (χ2n) is 5.11. The number of thiazole rings is 1. The second-order valence-corrected chi connectivity index (χ2v) is 5.97. The SMILES string of the molecule is CC(C)(C)c1nc(CNc2ccccc2)cs1. The summed E-state index contributed by atoms with van der Waals surface area (Å²) in [7, 11) is 0. The van der Waals surface area contributed by atoms with E-state index in [1.54, 1.807) is 11.3 Å². The fourth-order valence-corrected chi connectivity index (χ4v) is 2.39. The Hall–Kier alpha value is -1.35. The zero-order valence-corrected chi connectivity index (χ0v) is 11.3. The van der Waals surface area contributed by atoms with Crippen molar-refractivity contribution in [2.75, 3.05) is 5.32 Å². The van der Waals surface area contributed by atoms with E-state index < -0.39 is 0 Å². The number of para-hydroxylation sites is 1. The highest BCUT2D eigenvalue weighted by Gasteiger charge is 2.17. The molecule has 0 saturated heterocycles. The largest absolute Gasteiger partial charge is 0.379 e. The lowest BCUT2D eigenvalue weighted by Gasteiger charge is -2.13. The number of nitrogens with zero attached hydrogens (tertiary/aromatic N) is 1. The highest BCUT2D eigenvalue weighted by molar-refractivity contribution is 7.09. The molecule has 2 nitrogen and oxygen atoms in total. The van der Waals surface area contributed by atoms with Gasteiger partial charge in [0, 0.05) is 16.5 Å². The van der Waals surface area contributed by atoms with E-state index in [4.69, 9.17) is 0 Å². The van der Waals surface area contributed by atoms with Crippen LogP contribution in [-0.4, -0.2) is 4.98 Å². The van der Waals surface area contributed by atoms with Crippen LogP contribution in [0.1, 0.15) is 31.5 Å². The minimum atomic E-state index is 0.148. The van der Waals surface area contributed by atoms with Crippen molar-refractivity contribution in [2.45, 2.75) is 32.7 Å². The molecule has 0 unspecified atom stereocenters. The van der Waals surface area contributed by atoms with Crippen LogP contribution in [0.5, 0.6) is 0 Å². The Balaban J connectivity index is 1.99. The lowest BCUT2D eigenvalue weighted by molar-refractivity contribution is 0.583. The third-order valence-electron chi connectivity index (χ3n) is 2.44. The zero-order chi connectivity index (χ0) is 12.3. The first kappa shape index (κ1) is 12.1. The summed E-state index contributed by atoms with van der Waals surface area (Å²) >= 11 is 1.74. The fraction of sp³-hybridized carbons (Fsp3) is 0.357. The monoisotopic (exact) mass is 246 g/mol. The molecule has 1 aromatic carbocycles. The molecule has 0 fully saturated rings. The van der Waals surface area contributed by atoms with Gasteiger partial charge < -0.3 is 5.32 Å². The van der Waals surface area contributed by atoms with Crippen molar-refractivity contribution in [2.24, 2.45) is 0 Å². The molecule has 17 heavy (non-hydrogen) atoms. The van der Waals surface area contributed by atoms with Crippen LogP contribution < -0.4 is 5.32 Å². The number of anilines is 1. The quantitative estimate of drug-likeness (QED) is 0.883. The first-order valence-electron chi connectivity index (χ1n) is 5.79. The maximum Gasteiger partial charge on any atom is 0.0982 e. The summed E-state index contributed by atoms with van der Waals surface area (Å²) in [5, 5.41) is 6.70. The van der Waals surface area contributed by atoms with Gasteiger partial charge in [-0.05, 0) is 12.1 Å². The summed E-state index contributed by atoms with van der Waals surface area (Å²) in [5.74, 6) is 0. The summed E-state index contributed by atoms with van der Waals surface area (Å²) in [6, 6.07) is 10.2. The molecule has 0 amide bonds. The topological polar surface area (TPSA) is 24.9 Å². The molecule has 0 spiro atoms. The minimum absolute atomic E-state index is 0.148. The van der Waals surface area contributed by atoms with E-state index >= 15 is 0 Å². The van der Waals surface area contributed by atoms with Crippen LogP contribution in [0, 0.1) is 0 Å². The number of nitrogens with one attached hydrogen (secondary N) is 1. The van der Waals surface area contributed by atoms with Gasteiger partial charge in [0.2, 0.25) is 0 Å². The molecule has 0 aliphatic rings. The van der Waals surface area contributed by atoms with Gasteiger partial charge in [-0.25, -0.2) is 4.98 Å². The molecule has 0 bridgehead atoms.